The summed E-state index contributed by atoms with van der Waals surface area (Å²) in [6, 6.07) is 8.72. The predicted octanol–water partition coefficient (Wildman–Crippen LogP) is 3.54. The van der Waals surface area contributed by atoms with E-state index in [4.69, 9.17) is 4.74 Å². The summed E-state index contributed by atoms with van der Waals surface area (Å²) in [5.41, 5.74) is 1.13. The summed E-state index contributed by atoms with van der Waals surface area (Å²) in [7, 11) is 4.22. The molecule has 1 aromatic heterocycles. The monoisotopic (exact) mass is 414 g/mol. The molecule has 1 fully saturated rings. The van der Waals surface area contributed by atoms with Gasteiger partial charge < -0.3 is 19.3 Å². The van der Waals surface area contributed by atoms with Gasteiger partial charge in [0.2, 0.25) is 0 Å². The van der Waals surface area contributed by atoms with Gasteiger partial charge in [-0.05, 0) is 39.9 Å². The van der Waals surface area contributed by atoms with Gasteiger partial charge >= 0.3 is 0 Å². The maximum absolute atomic E-state index is 10.5. The van der Waals surface area contributed by atoms with Gasteiger partial charge in [-0.15, -0.1) is 0 Å². The number of aryl methyl sites for hydroxylation is 1. The Hall–Kier alpha value is -1.89. The van der Waals surface area contributed by atoms with E-state index in [1.165, 1.54) is 32.1 Å². The van der Waals surface area contributed by atoms with Crippen molar-refractivity contribution in [3.05, 3.63) is 48.0 Å². The lowest BCUT2D eigenvalue weighted by molar-refractivity contribution is 0.0556. The van der Waals surface area contributed by atoms with Crippen molar-refractivity contribution in [1.29, 1.82) is 0 Å². The zero-order valence-corrected chi connectivity index (χ0v) is 18.8. The number of likely N-dealkylation sites (N-methyl/N-ethyl adjacent to an activating group) is 1. The van der Waals surface area contributed by atoms with Crippen molar-refractivity contribution < 1.29 is 9.84 Å². The summed E-state index contributed by atoms with van der Waals surface area (Å²) in [6.45, 7) is 5.58. The normalized spacial score (nSPS) is 16.3. The van der Waals surface area contributed by atoms with Crippen molar-refractivity contribution in [1.82, 2.24) is 19.4 Å². The third-order valence-corrected chi connectivity index (χ3v) is 6.09. The summed E-state index contributed by atoms with van der Waals surface area (Å²) in [5.74, 6) is 1.92. The number of imidazole rings is 1. The van der Waals surface area contributed by atoms with E-state index in [0.29, 0.717) is 19.2 Å². The highest BCUT2D eigenvalue weighted by molar-refractivity contribution is 5.33. The number of hydrogen-bond acceptors (Lipinski definition) is 5. The van der Waals surface area contributed by atoms with Crippen LogP contribution in [0.1, 0.15) is 50.4 Å². The average molecular weight is 415 g/mol. The minimum atomic E-state index is -0.486. The van der Waals surface area contributed by atoms with Crippen LogP contribution < -0.4 is 4.74 Å². The lowest BCUT2D eigenvalue weighted by Gasteiger charge is -2.32. The van der Waals surface area contributed by atoms with Crippen molar-refractivity contribution in [2.45, 2.75) is 70.8 Å². The fraction of sp³-hybridized carbons (Fsp3) is 0.625. The molecule has 3 rings (SSSR count). The van der Waals surface area contributed by atoms with Crippen LogP contribution in [0.3, 0.4) is 0 Å². The van der Waals surface area contributed by atoms with Crippen LogP contribution in [0, 0.1) is 0 Å². The van der Waals surface area contributed by atoms with Crippen molar-refractivity contribution in [3.63, 3.8) is 0 Å². The van der Waals surface area contributed by atoms with Gasteiger partial charge in [0.15, 0.2) is 0 Å². The molecule has 1 N–H and O–H groups in total. The molecule has 1 unspecified atom stereocenters. The molecule has 2 aromatic rings. The van der Waals surface area contributed by atoms with Gasteiger partial charge in [0, 0.05) is 43.6 Å². The molecule has 0 spiro atoms. The number of aliphatic hydroxyl groups excluding tert-OH is 1. The molecule has 6 nitrogen and oxygen atoms in total. The summed E-state index contributed by atoms with van der Waals surface area (Å²) in [4.78, 5) is 9.02. The first-order chi connectivity index (χ1) is 14.6. The van der Waals surface area contributed by atoms with Crippen LogP contribution in [0.4, 0.5) is 0 Å². The highest BCUT2D eigenvalue weighted by atomic mass is 16.5. The second-order valence-corrected chi connectivity index (χ2v) is 8.61. The van der Waals surface area contributed by atoms with Crippen LogP contribution in [0.25, 0.3) is 0 Å². The molecule has 166 valence electrons. The summed E-state index contributed by atoms with van der Waals surface area (Å²) in [6.07, 6.45) is 9.84. The molecular formula is C24H38N4O2. The Morgan fingerprint density at radius 3 is 2.70 bits per heavy atom. The standard InChI is InChI=1S/C24H38N4O2/c1-4-28-15-14-25-24(28)18-26(2)16-20-10-8-9-13-23(20)30-19-22(29)17-27(3)21-11-6-5-7-12-21/h8-10,13-15,21-22,29H,4-7,11-12,16-19H2,1-3H3. The van der Waals surface area contributed by atoms with Crippen molar-refractivity contribution >= 4 is 0 Å². The van der Waals surface area contributed by atoms with Gasteiger partial charge in [-0.25, -0.2) is 4.98 Å². The Morgan fingerprint density at radius 2 is 1.93 bits per heavy atom. The van der Waals surface area contributed by atoms with Gasteiger partial charge in [0.1, 0.15) is 24.3 Å². The first-order valence-corrected chi connectivity index (χ1v) is 11.3. The van der Waals surface area contributed by atoms with E-state index in [1.54, 1.807) is 0 Å². The van der Waals surface area contributed by atoms with E-state index >= 15 is 0 Å². The second kappa shape index (κ2) is 11.5. The third-order valence-electron chi connectivity index (χ3n) is 6.09. The molecule has 1 heterocycles. The number of rotatable bonds is 11. The van der Waals surface area contributed by atoms with Crippen LogP contribution in [-0.2, 0) is 19.6 Å². The van der Waals surface area contributed by atoms with Crippen molar-refractivity contribution in [3.8, 4) is 5.75 Å². The molecule has 1 atom stereocenters. The molecular weight excluding hydrogens is 376 g/mol. The number of nitrogens with zero attached hydrogens (tertiary/aromatic N) is 4. The Balaban J connectivity index is 1.50. The van der Waals surface area contributed by atoms with E-state index < -0.39 is 6.10 Å². The van der Waals surface area contributed by atoms with Crippen LogP contribution in [-0.4, -0.2) is 63.9 Å². The number of para-hydroxylation sites is 1. The fourth-order valence-corrected chi connectivity index (χ4v) is 4.38. The maximum Gasteiger partial charge on any atom is 0.123 e. The van der Waals surface area contributed by atoms with Gasteiger partial charge in [0.25, 0.3) is 0 Å². The van der Waals surface area contributed by atoms with Crippen LogP contribution in [0.5, 0.6) is 5.75 Å². The fourth-order valence-electron chi connectivity index (χ4n) is 4.38. The zero-order valence-electron chi connectivity index (χ0n) is 18.8. The molecule has 0 amide bonds. The molecule has 0 saturated heterocycles. The van der Waals surface area contributed by atoms with Gasteiger partial charge in [0.05, 0.1) is 6.54 Å². The molecule has 1 aliphatic rings. The van der Waals surface area contributed by atoms with E-state index in [2.05, 4.69) is 46.4 Å². The van der Waals surface area contributed by atoms with Crippen LogP contribution in [0.15, 0.2) is 36.7 Å². The number of benzene rings is 1. The molecule has 0 radical (unpaired) electrons. The van der Waals surface area contributed by atoms with Crippen LogP contribution >= 0.6 is 0 Å². The first-order valence-electron chi connectivity index (χ1n) is 11.3. The Bertz CT molecular complexity index is 757. The first kappa shape index (κ1) is 22.8. The van der Waals surface area contributed by atoms with E-state index in [-0.39, 0.29) is 0 Å². The summed E-state index contributed by atoms with van der Waals surface area (Å²) >= 11 is 0. The highest BCUT2D eigenvalue weighted by Crippen LogP contribution is 2.23. The van der Waals surface area contributed by atoms with E-state index in [0.717, 1.165) is 36.8 Å². The summed E-state index contributed by atoms with van der Waals surface area (Å²) < 4.78 is 8.21. The minimum absolute atomic E-state index is 0.317. The maximum atomic E-state index is 10.5. The van der Waals surface area contributed by atoms with Gasteiger partial charge in [-0.3, -0.25) is 4.90 Å². The van der Waals surface area contributed by atoms with E-state index in [9.17, 15) is 5.11 Å². The molecule has 0 aliphatic heterocycles. The van der Waals surface area contributed by atoms with Gasteiger partial charge in [-0.1, -0.05) is 37.5 Å². The molecule has 1 aromatic carbocycles. The SMILES string of the molecule is CCn1ccnc1CN(C)Cc1ccccc1OCC(O)CN(C)C1CCCCC1. The predicted molar refractivity (Wildman–Crippen MR) is 121 cm³/mol. The third kappa shape index (κ3) is 6.56. The van der Waals surface area contributed by atoms with Gasteiger partial charge in [-0.2, -0.15) is 0 Å². The Labute approximate surface area is 181 Å². The lowest BCUT2D eigenvalue weighted by atomic mass is 9.94. The number of aliphatic hydroxyl groups is 1. The Kier molecular flexibility index (Phi) is 8.73. The number of aromatic nitrogens is 2. The molecule has 0 bridgehead atoms. The smallest absolute Gasteiger partial charge is 0.123 e. The molecule has 6 heteroatoms. The molecule has 30 heavy (non-hydrogen) atoms. The highest BCUT2D eigenvalue weighted by Gasteiger charge is 2.20. The zero-order chi connectivity index (χ0) is 21.3. The lowest BCUT2D eigenvalue weighted by Crippen LogP contribution is -2.40. The number of hydrogen-bond donors (Lipinski definition) is 1. The largest absolute Gasteiger partial charge is 0.491 e. The second-order valence-electron chi connectivity index (χ2n) is 8.61. The quantitative estimate of drug-likeness (QED) is 0.610. The molecule has 1 saturated carbocycles. The Morgan fingerprint density at radius 1 is 1.17 bits per heavy atom. The van der Waals surface area contributed by atoms with E-state index in [1.807, 2.05) is 30.6 Å². The van der Waals surface area contributed by atoms with Crippen molar-refractivity contribution in [2.24, 2.45) is 0 Å². The summed E-state index contributed by atoms with van der Waals surface area (Å²) in [5, 5.41) is 10.5. The van der Waals surface area contributed by atoms with Crippen LogP contribution in [0.2, 0.25) is 0 Å². The number of ether oxygens (including phenoxy) is 1. The molecule has 1 aliphatic carbocycles. The topological polar surface area (TPSA) is 53.8 Å². The minimum Gasteiger partial charge on any atom is -0.491 e. The average Bonchev–Trinajstić information content (AvgIpc) is 3.20. The van der Waals surface area contributed by atoms with Crippen molar-refractivity contribution in [2.75, 3.05) is 27.2 Å².